The molecule has 66 valence electrons. The zero-order chi connectivity index (χ0) is 8.55. The Bertz CT molecular complexity index is 245. The normalized spacial score (nSPS) is 30.2. The summed E-state index contributed by atoms with van der Waals surface area (Å²) < 4.78 is 5.29. The average Bonchev–Trinajstić information content (AvgIpc) is 2.60. The van der Waals surface area contributed by atoms with Gasteiger partial charge >= 0.3 is 0 Å². The van der Waals surface area contributed by atoms with Gasteiger partial charge in [-0.25, -0.2) is 5.43 Å². The van der Waals surface area contributed by atoms with E-state index in [2.05, 4.69) is 12.3 Å². The standard InChI is InChI=1S/C9H14N2O/c1-6-5-7(6)9(11-10)8-3-2-4-12-8/h2-4,6-7,9,11H,5,10H2,1H3. The summed E-state index contributed by atoms with van der Waals surface area (Å²) in [5, 5.41) is 0. The van der Waals surface area contributed by atoms with E-state index in [9.17, 15) is 0 Å². The second-order valence-corrected chi connectivity index (χ2v) is 3.54. The maximum atomic E-state index is 5.46. The van der Waals surface area contributed by atoms with Crippen LogP contribution in [0.3, 0.4) is 0 Å². The second-order valence-electron chi connectivity index (χ2n) is 3.54. The van der Waals surface area contributed by atoms with E-state index in [1.807, 2.05) is 12.1 Å². The van der Waals surface area contributed by atoms with Crippen LogP contribution in [0.5, 0.6) is 0 Å². The van der Waals surface area contributed by atoms with Crippen molar-refractivity contribution in [2.24, 2.45) is 17.7 Å². The maximum absolute atomic E-state index is 5.46. The van der Waals surface area contributed by atoms with Gasteiger partial charge in [-0.2, -0.15) is 0 Å². The fraction of sp³-hybridized carbons (Fsp3) is 0.556. The van der Waals surface area contributed by atoms with Crippen molar-refractivity contribution in [1.29, 1.82) is 0 Å². The Kier molecular flexibility index (Phi) is 1.90. The van der Waals surface area contributed by atoms with Gasteiger partial charge in [0.2, 0.25) is 0 Å². The van der Waals surface area contributed by atoms with Crippen molar-refractivity contribution < 1.29 is 4.42 Å². The summed E-state index contributed by atoms with van der Waals surface area (Å²) in [6.45, 7) is 2.23. The predicted molar refractivity (Wildman–Crippen MR) is 46.0 cm³/mol. The fourth-order valence-corrected chi connectivity index (χ4v) is 1.70. The monoisotopic (exact) mass is 166 g/mol. The first-order chi connectivity index (χ1) is 5.83. The minimum Gasteiger partial charge on any atom is -0.468 e. The molecule has 2 rings (SSSR count). The number of furan rings is 1. The number of rotatable bonds is 3. The van der Waals surface area contributed by atoms with Crippen molar-refractivity contribution in [2.75, 3.05) is 0 Å². The van der Waals surface area contributed by atoms with Gasteiger partial charge in [-0.1, -0.05) is 6.92 Å². The first-order valence-corrected chi connectivity index (χ1v) is 4.32. The number of nitrogens with two attached hydrogens (primary N) is 1. The Morgan fingerprint density at radius 3 is 2.92 bits per heavy atom. The molecule has 3 nitrogen and oxygen atoms in total. The van der Waals surface area contributed by atoms with E-state index in [-0.39, 0.29) is 6.04 Å². The first kappa shape index (κ1) is 7.83. The molecule has 1 aliphatic carbocycles. The fourth-order valence-electron chi connectivity index (χ4n) is 1.70. The molecule has 0 bridgehead atoms. The number of hydrogen-bond donors (Lipinski definition) is 2. The van der Waals surface area contributed by atoms with Crippen molar-refractivity contribution in [1.82, 2.24) is 5.43 Å². The van der Waals surface area contributed by atoms with Gasteiger partial charge in [0, 0.05) is 0 Å². The summed E-state index contributed by atoms with van der Waals surface area (Å²) in [6, 6.07) is 4.07. The third-order valence-corrected chi connectivity index (χ3v) is 2.63. The predicted octanol–water partition coefficient (Wildman–Crippen LogP) is 1.44. The van der Waals surface area contributed by atoms with Crippen LogP contribution in [0, 0.1) is 11.8 Å². The van der Waals surface area contributed by atoms with Crippen LogP contribution in [-0.2, 0) is 0 Å². The van der Waals surface area contributed by atoms with Gasteiger partial charge in [0.1, 0.15) is 5.76 Å². The number of hydrazine groups is 1. The zero-order valence-corrected chi connectivity index (χ0v) is 7.16. The largest absolute Gasteiger partial charge is 0.468 e. The molecule has 0 aromatic carbocycles. The summed E-state index contributed by atoms with van der Waals surface area (Å²) in [5.74, 6) is 7.84. The van der Waals surface area contributed by atoms with Gasteiger partial charge < -0.3 is 4.42 Å². The molecule has 3 N–H and O–H groups in total. The Morgan fingerprint density at radius 1 is 1.75 bits per heavy atom. The van der Waals surface area contributed by atoms with E-state index in [1.165, 1.54) is 6.42 Å². The van der Waals surface area contributed by atoms with Crippen molar-refractivity contribution in [2.45, 2.75) is 19.4 Å². The van der Waals surface area contributed by atoms with Crippen molar-refractivity contribution in [3.8, 4) is 0 Å². The van der Waals surface area contributed by atoms with Gasteiger partial charge in [0.15, 0.2) is 0 Å². The van der Waals surface area contributed by atoms with Gasteiger partial charge in [0.05, 0.1) is 12.3 Å². The molecule has 1 aromatic rings. The highest BCUT2D eigenvalue weighted by atomic mass is 16.3. The lowest BCUT2D eigenvalue weighted by atomic mass is 10.1. The highest BCUT2D eigenvalue weighted by molar-refractivity contribution is 5.09. The van der Waals surface area contributed by atoms with E-state index in [4.69, 9.17) is 10.3 Å². The Labute approximate surface area is 71.9 Å². The van der Waals surface area contributed by atoms with Crippen LogP contribution in [0.1, 0.15) is 25.1 Å². The van der Waals surface area contributed by atoms with Crippen LogP contribution in [0.25, 0.3) is 0 Å². The van der Waals surface area contributed by atoms with Crippen molar-refractivity contribution in [3.63, 3.8) is 0 Å². The molecule has 0 amide bonds. The molecular formula is C9H14N2O. The third-order valence-electron chi connectivity index (χ3n) is 2.63. The van der Waals surface area contributed by atoms with Crippen LogP contribution in [0.2, 0.25) is 0 Å². The van der Waals surface area contributed by atoms with Gasteiger partial charge in [-0.05, 0) is 30.4 Å². The Hall–Kier alpha value is -0.800. The molecule has 1 saturated carbocycles. The third kappa shape index (κ3) is 1.26. The second kappa shape index (κ2) is 2.92. The summed E-state index contributed by atoms with van der Waals surface area (Å²) in [5.41, 5.74) is 2.80. The molecule has 1 fully saturated rings. The number of hydrogen-bond acceptors (Lipinski definition) is 3. The van der Waals surface area contributed by atoms with Crippen LogP contribution in [-0.4, -0.2) is 0 Å². The summed E-state index contributed by atoms with van der Waals surface area (Å²) in [4.78, 5) is 0. The van der Waals surface area contributed by atoms with E-state index in [0.717, 1.165) is 11.7 Å². The summed E-state index contributed by atoms with van der Waals surface area (Å²) in [6.07, 6.45) is 2.93. The van der Waals surface area contributed by atoms with Crippen molar-refractivity contribution >= 4 is 0 Å². The van der Waals surface area contributed by atoms with Crippen LogP contribution < -0.4 is 11.3 Å². The Morgan fingerprint density at radius 2 is 2.50 bits per heavy atom. The minimum atomic E-state index is 0.204. The average molecular weight is 166 g/mol. The van der Waals surface area contributed by atoms with Crippen LogP contribution in [0.15, 0.2) is 22.8 Å². The molecule has 1 aliphatic rings. The van der Waals surface area contributed by atoms with E-state index in [0.29, 0.717) is 5.92 Å². The van der Waals surface area contributed by atoms with E-state index >= 15 is 0 Å². The van der Waals surface area contributed by atoms with Crippen molar-refractivity contribution in [3.05, 3.63) is 24.2 Å². The lowest BCUT2D eigenvalue weighted by molar-refractivity contribution is 0.378. The molecule has 1 heterocycles. The molecular weight excluding hydrogens is 152 g/mol. The lowest BCUT2D eigenvalue weighted by Gasteiger charge is -2.11. The van der Waals surface area contributed by atoms with Gasteiger partial charge in [-0.3, -0.25) is 5.84 Å². The molecule has 3 heteroatoms. The molecule has 0 radical (unpaired) electrons. The molecule has 1 aromatic heterocycles. The first-order valence-electron chi connectivity index (χ1n) is 4.32. The number of nitrogens with one attached hydrogen (secondary N) is 1. The van der Waals surface area contributed by atoms with E-state index < -0.39 is 0 Å². The highest BCUT2D eigenvalue weighted by Crippen LogP contribution is 2.46. The van der Waals surface area contributed by atoms with E-state index in [1.54, 1.807) is 6.26 Å². The zero-order valence-electron chi connectivity index (χ0n) is 7.16. The van der Waals surface area contributed by atoms with Crippen LogP contribution >= 0.6 is 0 Å². The molecule has 0 spiro atoms. The molecule has 12 heavy (non-hydrogen) atoms. The van der Waals surface area contributed by atoms with Gasteiger partial charge in [-0.15, -0.1) is 0 Å². The molecule has 3 unspecified atom stereocenters. The lowest BCUT2D eigenvalue weighted by Crippen LogP contribution is -2.29. The molecule has 3 atom stereocenters. The topological polar surface area (TPSA) is 51.2 Å². The highest BCUT2D eigenvalue weighted by Gasteiger charge is 2.40. The summed E-state index contributed by atoms with van der Waals surface area (Å²) >= 11 is 0. The quantitative estimate of drug-likeness (QED) is 0.527. The Balaban J connectivity index is 2.09. The molecule has 0 saturated heterocycles. The smallest absolute Gasteiger partial charge is 0.122 e. The SMILES string of the molecule is CC1CC1C(NN)c1ccco1. The maximum Gasteiger partial charge on any atom is 0.122 e. The summed E-state index contributed by atoms with van der Waals surface area (Å²) in [7, 11) is 0. The molecule has 0 aliphatic heterocycles. The minimum absolute atomic E-state index is 0.204. The van der Waals surface area contributed by atoms with Crippen LogP contribution in [0.4, 0.5) is 0 Å². The van der Waals surface area contributed by atoms with Gasteiger partial charge in [0.25, 0.3) is 0 Å².